The Morgan fingerprint density at radius 3 is 2.43 bits per heavy atom. The molecule has 10 heteroatoms. The maximum absolute atomic E-state index is 13.1. The summed E-state index contributed by atoms with van der Waals surface area (Å²) >= 11 is 0. The number of sulfonamides is 1. The number of carbonyl (C=O) groups excluding carboxylic acids is 1. The zero-order valence-corrected chi connectivity index (χ0v) is 19.4. The second-order valence-electron chi connectivity index (χ2n) is 8.42. The SMILES string of the molecule is O=C1CCc2cc(S(=O)(=O)Nc3ccc(Oc4cc(-n5cccc5)ncn4)cc3)cc3c2N1CC3. The lowest BCUT2D eigenvalue weighted by molar-refractivity contribution is -0.118. The van der Waals surface area contributed by atoms with E-state index in [1.54, 1.807) is 47.4 Å². The van der Waals surface area contributed by atoms with Gasteiger partial charge in [-0.3, -0.25) is 9.52 Å². The van der Waals surface area contributed by atoms with E-state index in [-0.39, 0.29) is 10.8 Å². The number of hydrogen-bond acceptors (Lipinski definition) is 6. The smallest absolute Gasteiger partial charge is 0.261 e. The van der Waals surface area contributed by atoms with Crippen molar-refractivity contribution in [3.8, 4) is 17.4 Å². The van der Waals surface area contributed by atoms with Gasteiger partial charge >= 0.3 is 0 Å². The van der Waals surface area contributed by atoms with Gasteiger partial charge in [-0.1, -0.05) is 0 Å². The number of aryl methyl sites for hydroxylation is 1. The number of aromatic nitrogens is 3. The molecule has 2 aliphatic heterocycles. The van der Waals surface area contributed by atoms with E-state index in [9.17, 15) is 13.2 Å². The summed E-state index contributed by atoms with van der Waals surface area (Å²) in [4.78, 5) is 22.5. The van der Waals surface area contributed by atoms with Crippen LogP contribution in [-0.4, -0.2) is 35.4 Å². The van der Waals surface area contributed by atoms with E-state index in [2.05, 4.69) is 14.7 Å². The second-order valence-corrected chi connectivity index (χ2v) is 10.1. The fourth-order valence-corrected chi connectivity index (χ4v) is 5.68. The van der Waals surface area contributed by atoms with Crippen molar-refractivity contribution in [2.75, 3.05) is 16.2 Å². The van der Waals surface area contributed by atoms with E-state index in [0.29, 0.717) is 48.9 Å². The van der Waals surface area contributed by atoms with Gasteiger partial charge in [0.25, 0.3) is 10.0 Å². The van der Waals surface area contributed by atoms with Crippen LogP contribution in [0.4, 0.5) is 11.4 Å². The highest BCUT2D eigenvalue weighted by Gasteiger charge is 2.32. The zero-order chi connectivity index (χ0) is 24.0. The molecule has 1 amide bonds. The summed E-state index contributed by atoms with van der Waals surface area (Å²) in [6.07, 6.45) is 6.80. The lowest BCUT2D eigenvalue weighted by Crippen LogP contribution is -2.33. The summed E-state index contributed by atoms with van der Waals surface area (Å²) in [5, 5.41) is 0. The van der Waals surface area contributed by atoms with Crippen LogP contribution >= 0.6 is 0 Å². The first-order chi connectivity index (χ1) is 17.0. The lowest BCUT2D eigenvalue weighted by Gasteiger charge is -2.25. The summed E-state index contributed by atoms with van der Waals surface area (Å²) in [7, 11) is -3.79. The van der Waals surface area contributed by atoms with Crippen LogP contribution < -0.4 is 14.4 Å². The Morgan fingerprint density at radius 2 is 1.66 bits per heavy atom. The number of carbonyl (C=O) groups is 1. The molecule has 0 spiro atoms. The van der Waals surface area contributed by atoms with Crippen molar-refractivity contribution in [3.05, 3.63) is 84.4 Å². The van der Waals surface area contributed by atoms with Crippen molar-refractivity contribution in [3.63, 3.8) is 0 Å². The maximum Gasteiger partial charge on any atom is 0.261 e. The van der Waals surface area contributed by atoms with Gasteiger partial charge in [0.05, 0.1) is 10.6 Å². The first kappa shape index (κ1) is 21.4. The molecule has 0 atom stereocenters. The molecule has 4 heterocycles. The minimum Gasteiger partial charge on any atom is -0.439 e. The van der Waals surface area contributed by atoms with Gasteiger partial charge in [-0.25, -0.2) is 18.4 Å². The lowest BCUT2D eigenvalue weighted by atomic mass is 10.00. The van der Waals surface area contributed by atoms with Gasteiger partial charge in [-0.15, -0.1) is 0 Å². The standard InChI is InChI=1S/C25H21N5O4S/c31-24-8-3-17-13-21(14-18-9-12-30(24)25(17)18)35(32,33)28-19-4-6-20(7-5-19)34-23-15-22(26-16-27-23)29-10-1-2-11-29/h1-2,4-7,10-11,13-16,28H,3,8-9,12H2. The highest BCUT2D eigenvalue weighted by Crippen LogP contribution is 2.38. The van der Waals surface area contributed by atoms with Crippen LogP contribution in [0, 0.1) is 0 Å². The largest absolute Gasteiger partial charge is 0.439 e. The van der Waals surface area contributed by atoms with Crippen molar-refractivity contribution in [1.82, 2.24) is 14.5 Å². The Bertz CT molecular complexity index is 1530. The van der Waals surface area contributed by atoms with Crippen LogP contribution in [0.25, 0.3) is 5.82 Å². The molecule has 0 fully saturated rings. The fraction of sp³-hybridized carbons (Fsp3) is 0.160. The summed E-state index contributed by atoms with van der Waals surface area (Å²) in [6.45, 7) is 0.610. The number of benzene rings is 2. The average molecular weight is 488 g/mol. The van der Waals surface area contributed by atoms with E-state index in [1.165, 1.54) is 6.33 Å². The number of nitrogens with zero attached hydrogens (tertiary/aromatic N) is 4. The van der Waals surface area contributed by atoms with Gasteiger partial charge in [0.1, 0.15) is 17.9 Å². The van der Waals surface area contributed by atoms with Crippen LogP contribution in [0.1, 0.15) is 17.5 Å². The number of hydrogen-bond donors (Lipinski definition) is 1. The predicted molar refractivity (Wildman–Crippen MR) is 130 cm³/mol. The summed E-state index contributed by atoms with van der Waals surface area (Å²) in [5.74, 6) is 1.66. The fourth-order valence-electron chi connectivity index (χ4n) is 4.52. The van der Waals surface area contributed by atoms with Crippen LogP contribution in [-0.2, 0) is 27.7 Å². The molecule has 6 rings (SSSR count). The first-order valence-corrected chi connectivity index (χ1v) is 12.7. The summed E-state index contributed by atoms with van der Waals surface area (Å²) < 4.78 is 36.5. The van der Waals surface area contributed by atoms with Crippen molar-refractivity contribution in [2.24, 2.45) is 0 Å². The molecular formula is C25H21N5O4S. The van der Waals surface area contributed by atoms with E-state index >= 15 is 0 Å². The topological polar surface area (TPSA) is 106 Å². The molecular weight excluding hydrogens is 466 g/mol. The van der Waals surface area contributed by atoms with Crippen LogP contribution in [0.15, 0.2) is 78.2 Å². The Kier molecular flexibility index (Phi) is 5.03. The normalized spacial score (nSPS) is 14.6. The molecule has 0 bridgehead atoms. The molecule has 9 nitrogen and oxygen atoms in total. The molecule has 0 saturated heterocycles. The van der Waals surface area contributed by atoms with E-state index in [4.69, 9.17) is 4.74 Å². The third-order valence-corrected chi connectivity index (χ3v) is 7.52. The third kappa shape index (κ3) is 4.01. The minimum absolute atomic E-state index is 0.107. The molecule has 4 aromatic rings. The molecule has 1 N–H and O–H groups in total. The van der Waals surface area contributed by atoms with Crippen LogP contribution in [0.3, 0.4) is 0 Å². The van der Waals surface area contributed by atoms with Crippen molar-refractivity contribution in [1.29, 1.82) is 0 Å². The van der Waals surface area contributed by atoms with Gasteiger partial charge in [0.15, 0.2) is 0 Å². The third-order valence-electron chi connectivity index (χ3n) is 6.16. The predicted octanol–water partition coefficient (Wildman–Crippen LogP) is 3.70. The summed E-state index contributed by atoms with van der Waals surface area (Å²) in [6, 6.07) is 15.5. The monoisotopic (exact) mass is 487 g/mol. The van der Waals surface area contributed by atoms with Crippen LogP contribution in [0.2, 0.25) is 0 Å². The van der Waals surface area contributed by atoms with Crippen molar-refractivity contribution < 1.29 is 17.9 Å². The first-order valence-electron chi connectivity index (χ1n) is 11.2. The molecule has 0 radical (unpaired) electrons. The van der Waals surface area contributed by atoms with Gasteiger partial charge < -0.3 is 14.2 Å². The number of rotatable bonds is 6. The number of amides is 1. The molecule has 2 aliphatic rings. The van der Waals surface area contributed by atoms with Gasteiger partial charge in [0.2, 0.25) is 11.8 Å². The number of anilines is 2. The molecule has 2 aromatic heterocycles. The Morgan fingerprint density at radius 1 is 0.914 bits per heavy atom. The van der Waals surface area contributed by atoms with Gasteiger partial charge in [-0.05, 0) is 72.5 Å². The van der Waals surface area contributed by atoms with Crippen LogP contribution in [0.5, 0.6) is 11.6 Å². The van der Waals surface area contributed by atoms with Crippen molar-refractivity contribution in [2.45, 2.75) is 24.2 Å². The maximum atomic E-state index is 13.1. The summed E-state index contributed by atoms with van der Waals surface area (Å²) in [5.41, 5.74) is 3.13. The van der Waals surface area contributed by atoms with E-state index in [0.717, 1.165) is 16.8 Å². The molecule has 2 aromatic carbocycles. The zero-order valence-electron chi connectivity index (χ0n) is 18.6. The van der Waals surface area contributed by atoms with E-state index < -0.39 is 10.0 Å². The highest BCUT2D eigenvalue weighted by atomic mass is 32.2. The number of nitrogens with one attached hydrogen (secondary N) is 1. The van der Waals surface area contributed by atoms with Crippen molar-refractivity contribution >= 4 is 27.3 Å². The van der Waals surface area contributed by atoms with Gasteiger partial charge in [0, 0.05) is 37.1 Å². The molecule has 0 unspecified atom stereocenters. The molecule has 0 aliphatic carbocycles. The minimum atomic E-state index is -3.79. The Labute approximate surface area is 202 Å². The molecule has 35 heavy (non-hydrogen) atoms. The Hall–Kier alpha value is -4.18. The van der Waals surface area contributed by atoms with Gasteiger partial charge in [-0.2, -0.15) is 0 Å². The molecule has 0 saturated carbocycles. The second kappa shape index (κ2) is 8.24. The molecule has 176 valence electrons. The average Bonchev–Trinajstić information content (AvgIpc) is 3.54. The highest BCUT2D eigenvalue weighted by molar-refractivity contribution is 7.92. The number of ether oxygens (including phenoxy) is 1. The van der Waals surface area contributed by atoms with E-state index in [1.807, 2.05) is 29.1 Å². The Balaban J connectivity index is 1.19. The quantitative estimate of drug-likeness (QED) is 0.445.